The van der Waals surface area contributed by atoms with E-state index in [1.54, 1.807) is 11.8 Å². The van der Waals surface area contributed by atoms with Crippen LogP contribution in [0.15, 0.2) is 53.4 Å². The van der Waals surface area contributed by atoms with E-state index in [4.69, 9.17) is 5.73 Å². The average Bonchev–Trinajstić information content (AvgIpc) is 2.38. The maximum absolute atomic E-state index is 5.95. The molecule has 0 aliphatic carbocycles. The summed E-state index contributed by atoms with van der Waals surface area (Å²) < 4.78 is 0. The van der Waals surface area contributed by atoms with E-state index in [-0.39, 0.29) is 0 Å². The Morgan fingerprint density at radius 1 is 1.11 bits per heavy atom. The Balaban J connectivity index is 1.95. The maximum atomic E-state index is 5.95. The van der Waals surface area contributed by atoms with Gasteiger partial charge in [-0.3, -0.25) is 0 Å². The molecule has 0 bridgehead atoms. The van der Waals surface area contributed by atoms with E-state index in [0.717, 1.165) is 21.9 Å². The molecule has 0 atom stereocenters. The number of hydrogen-bond acceptors (Lipinski definition) is 2. The summed E-state index contributed by atoms with van der Waals surface area (Å²) in [6.45, 7) is 2.04. The van der Waals surface area contributed by atoms with Crippen molar-refractivity contribution in [3.05, 3.63) is 59.7 Å². The van der Waals surface area contributed by atoms with Crippen molar-refractivity contribution >= 4 is 17.4 Å². The quantitative estimate of drug-likeness (QED) is 0.501. The van der Waals surface area contributed by atoms with Crippen molar-refractivity contribution < 1.29 is 0 Å². The van der Waals surface area contributed by atoms with Gasteiger partial charge in [0.05, 0.1) is 5.75 Å². The van der Waals surface area contributed by atoms with Crippen molar-refractivity contribution in [1.82, 2.24) is 0 Å². The van der Waals surface area contributed by atoms with Crippen LogP contribution in [0.1, 0.15) is 11.1 Å². The lowest BCUT2D eigenvalue weighted by atomic mass is 10.2. The molecule has 2 aromatic rings. The number of aryl methyl sites for hydroxylation is 1. The molecule has 0 radical (unpaired) electrons. The van der Waals surface area contributed by atoms with Crippen LogP contribution in [0, 0.1) is 18.8 Å². The second kappa shape index (κ2) is 6.18. The Morgan fingerprint density at radius 2 is 1.89 bits per heavy atom. The number of thioether (sulfide) groups is 1. The zero-order chi connectivity index (χ0) is 12.8. The van der Waals surface area contributed by atoms with E-state index < -0.39 is 0 Å². The lowest BCUT2D eigenvalue weighted by Gasteiger charge is -2.03. The first-order valence-electron chi connectivity index (χ1n) is 5.78. The molecule has 0 unspecified atom stereocenters. The monoisotopic (exact) mass is 253 g/mol. The van der Waals surface area contributed by atoms with E-state index in [2.05, 4.69) is 24.0 Å². The van der Waals surface area contributed by atoms with Crippen LogP contribution >= 0.6 is 11.8 Å². The first kappa shape index (κ1) is 12.6. The van der Waals surface area contributed by atoms with Gasteiger partial charge in [-0.15, -0.1) is 11.8 Å². The summed E-state index contributed by atoms with van der Waals surface area (Å²) >= 11 is 1.68. The third kappa shape index (κ3) is 3.58. The van der Waals surface area contributed by atoms with E-state index in [1.807, 2.05) is 43.3 Å². The Morgan fingerprint density at radius 3 is 2.61 bits per heavy atom. The van der Waals surface area contributed by atoms with E-state index >= 15 is 0 Å². The molecule has 0 fully saturated rings. The van der Waals surface area contributed by atoms with Crippen molar-refractivity contribution in [3.8, 4) is 11.8 Å². The molecular formula is C16H15NS. The minimum Gasteiger partial charge on any atom is -0.398 e. The van der Waals surface area contributed by atoms with Crippen molar-refractivity contribution in [1.29, 1.82) is 0 Å². The van der Waals surface area contributed by atoms with Gasteiger partial charge in [0.15, 0.2) is 0 Å². The highest BCUT2D eigenvalue weighted by molar-refractivity contribution is 7.99. The third-order valence-corrected chi connectivity index (χ3v) is 3.44. The van der Waals surface area contributed by atoms with Crippen LogP contribution < -0.4 is 5.73 Å². The molecule has 0 aliphatic rings. The highest BCUT2D eigenvalue weighted by Gasteiger charge is 1.98. The molecule has 0 spiro atoms. The number of benzene rings is 2. The van der Waals surface area contributed by atoms with Gasteiger partial charge in [0.2, 0.25) is 0 Å². The minimum absolute atomic E-state index is 0.752. The Kier molecular flexibility index (Phi) is 4.33. The Labute approximate surface area is 112 Å². The summed E-state index contributed by atoms with van der Waals surface area (Å²) in [5, 5.41) is 0. The lowest BCUT2D eigenvalue weighted by Crippen LogP contribution is -1.89. The molecule has 0 saturated heterocycles. The SMILES string of the molecule is Cc1ccc(SCC#Cc2ccccc2)c(N)c1. The van der Waals surface area contributed by atoms with Gasteiger partial charge in [-0.25, -0.2) is 0 Å². The number of rotatable bonds is 2. The fourth-order valence-corrected chi connectivity index (χ4v) is 2.26. The largest absolute Gasteiger partial charge is 0.398 e. The van der Waals surface area contributed by atoms with E-state index in [0.29, 0.717) is 0 Å². The smallest absolute Gasteiger partial charge is 0.0599 e. The van der Waals surface area contributed by atoms with Crippen LogP contribution in [0.4, 0.5) is 5.69 Å². The Bertz CT molecular complexity index is 579. The van der Waals surface area contributed by atoms with Crippen molar-refractivity contribution in [2.24, 2.45) is 0 Å². The fourth-order valence-electron chi connectivity index (χ4n) is 1.57. The molecule has 0 heterocycles. The molecule has 90 valence electrons. The van der Waals surface area contributed by atoms with Gasteiger partial charge in [-0.1, -0.05) is 36.1 Å². The van der Waals surface area contributed by atoms with Crippen molar-refractivity contribution in [2.75, 3.05) is 11.5 Å². The summed E-state index contributed by atoms with van der Waals surface area (Å²) in [4.78, 5) is 1.10. The molecule has 0 amide bonds. The summed E-state index contributed by atoms with van der Waals surface area (Å²) in [5.74, 6) is 7.04. The maximum Gasteiger partial charge on any atom is 0.0599 e. The summed E-state index contributed by atoms with van der Waals surface area (Å²) in [6, 6.07) is 16.1. The molecule has 18 heavy (non-hydrogen) atoms. The summed E-state index contributed by atoms with van der Waals surface area (Å²) in [7, 11) is 0. The molecule has 1 nitrogen and oxygen atoms in total. The number of nitrogens with two attached hydrogens (primary N) is 1. The Hall–Kier alpha value is -1.85. The van der Waals surface area contributed by atoms with Gasteiger partial charge in [0.1, 0.15) is 0 Å². The van der Waals surface area contributed by atoms with Crippen molar-refractivity contribution in [3.63, 3.8) is 0 Å². The van der Waals surface area contributed by atoms with Gasteiger partial charge in [-0.05, 0) is 36.8 Å². The van der Waals surface area contributed by atoms with E-state index in [9.17, 15) is 0 Å². The molecule has 0 aliphatic heterocycles. The van der Waals surface area contributed by atoms with Gasteiger partial charge < -0.3 is 5.73 Å². The number of hydrogen-bond donors (Lipinski definition) is 1. The van der Waals surface area contributed by atoms with Gasteiger partial charge in [-0.2, -0.15) is 0 Å². The zero-order valence-electron chi connectivity index (χ0n) is 10.3. The first-order chi connectivity index (χ1) is 8.75. The van der Waals surface area contributed by atoms with Gasteiger partial charge in [0, 0.05) is 16.1 Å². The topological polar surface area (TPSA) is 26.0 Å². The highest BCUT2D eigenvalue weighted by atomic mass is 32.2. The van der Waals surface area contributed by atoms with Crippen LogP contribution in [0.3, 0.4) is 0 Å². The lowest BCUT2D eigenvalue weighted by molar-refractivity contribution is 1.38. The van der Waals surface area contributed by atoms with Gasteiger partial charge >= 0.3 is 0 Å². The highest BCUT2D eigenvalue weighted by Crippen LogP contribution is 2.25. The second-order valence-corrected chi connectivity index (χ2v) is 5.01. The molecule has 2 aromatic carbocycles. The minimum atomic E-state index is 0.752. The van der Waals surface area contributed by atoms with Crippen LogP contribution in [-0.2, 0) is 0 Å². The van der Waals surface area contributed by atoms with E-state index in [1.165, 1.54) is 5.56 Å². The molecule has 0 aromatic heterocycles. The average molecular weight is 253 g/mol. The molecule has 2 heteroatoms. The zero-order valence-corrected chi connectivity index (χ0v) is 11.1. The van der Waals surface area contributed by atoms with Crippen LogP contribution in [0.2, 0.25) is 0 Å². The molecular weight excluding hydrogens is 238 g/mol. The second-order valence-electron chi connectivity index (χ2n) is 4.00. The first-order valence-corrected chi connectivity index (χ1v) is 6.77. The predicted octanol–water partition coefficient (Wildman–Crippen LogP) is 3.72. The summed E-state index contributed by atoms with van der Waals surface area (Å²) in [5.41, 5.74) is 9.02. The fraction of sp³-hybridized carbons (Fsp3) is 0.125. The summed E-state index contributed by atoms with van der Waals surface area (Å²) in [6.07, 6.45) is 0. The predicted molar refractivity (Wildman–Crippen MR) is 79.6 cm³/mol. The molecule has 2 rings (SSSR count). The standard InChI is InChI=1S/C16H15NS/c1-13-9-10-16(15(17)12-13)18-11-5-8-14-6-3-2-4-7-14/h2-4,6-7,9-10,12H,11,17H2,1H3. The number of nitrogen functional groups attached to an aromatic ring is 1. The van der Waals surface area contributed by atoms with Gasteiger partial charge in [0.25, 0.3) is 0 Å². The van der Waals surface area contributed by atoms with Crippen molar-refractivity contribution in [2.45, 2.75) is 11.8 Å². The normalized spacial score (nSPS) is 9.61. The molecule has 2 N–H and O–H groups in total. The third-order valence-electron chi connectivity index (χ3n) is 2.47. The van der Waals surface area contributed by atoms with Crippen LogP contribution in [0.25, 0.3) is 0 Å². The number of anilines is 1. The molecule has 0 saturated carbocycles. The van der Waals surface area contributed by atoms with Crippen LogP contribution in [-0.4, -0.2) is 5.75 Å². The van der Waals surface area contributed by atoms with Crippen LogP contribution in [0.5, 0.6) is 0 Å².